The molecule has 5 rings (SSSR count). The van der Waals surface area contributed by atoms with Gasteiger partial charge in [0, 0.05) is 17.1 Å². The fraction of sp³-hybridized carbons (Fsp3) is 0.261. The van der Waals surface area contributed by atoms with Crippen LogP contribution in [0.1, 0.15) is 41.6 Å². The van der Waals surface area contributed by atoms with E-state index in [2.05, 4.69) is 27.1 Å². The number of aromatic nitrogens is 4. The van der Waals surface area contributed by atoms with E-state index >= 15 is 0 Å². The Morgan fingerprint density at radius 3 is 2.66 bits per heavy atom. The maximum absolute atomic E-state index is 12.5. The van der Waals surface area contributed by atoms with Crippen LogP contribution in [0, 0.1) is 6.92 Å². The molecule has 2 N–H and O–H groups in total. The van der Waals surface area contributed by atoms with Gasteiger partial charge in [-0.05, 0) is 44.7 Å². The first-order valence-corrected chi connectivity index (χ1v) is 9.93. The molecule has 148 valence electrons. The molecule has 0 spiro atoms. The predicted molar refractivity (Wildman–Crippen MR) is 115 cm³/mol. The van der Waals surface area contributed by atoms with E-state index < -0.39 is 0 Å². The van der Waals surface area contributed by atoms with Gasteiger partial charge in [-0.2, -0.15) is 0 Å². The van der Waals surface area contributed by atoms with Gasteiger partial charge in [-0.15, -0.1) is 0 Å². The molecule has 0 amide bonds. The molecule has 6 heteroatoms. The lowest BCUT2D eigenvalue weighted by molar-refractivity contribution is 0.0972. The molecule has 1 aliphatic carbocycles. The molecule has 1 aromatic carbocycles. The van der Waals surface area contributed by atoms with Crippen LogP contribution in [0.3, 0.4) is 0 Å². The van der Waals surface area contributed by atoms with Gasteiger partial charge in [0.25, 0.3) is 0 Å². The zero-order chi connectivity index (χ0) is 20.2. The van der Waals surface area contributed by atoms with Crippen molar-refractivity contribution in [3.8, 4) is 0 Å². The van der Waals surface area contributed by atoms with Crippen molar-refractivity contribution in [1.29, 1.82) is 0 Å². The Bertz CT molecular complexity index is 1230. The zero-order valence-corrected chi connectivity index (χ0v) is 16.4. The summed E-state index contributed by atoms with van der Waals surface area (Å²) in [6, 6.07) is 9.21. The minimum Gasteiger partial charge on any atom is -0.346 e. The molecule has 6 nitrogen and oxygen atoms in total. The molecule has 0 saturated carbocycles. The minimum absolute atomic E-state index is 0.0140. The summed E-state index contributed by atoms with van der Waals surface area (Å²) < 4.78 is 1.43. The fourth-order valence-corrected chi connectivity index (χ4v) is 3.59. The van der Waals surface area contributed by atoms with Crippen LogP contribution < -0.4 is 5.69 Å². The van der Waals surface area contributed by atoms with E-state index in [4.69, 9.17) is 0 Å². The number of hydrogen-bond acceptors (Lipinski definition) is 3. The van der Waals surface area contributed by atoms with Crippen LogP contribution in [0.15, 0.2) is 59.7 Å². The Balaban J connectivity index is 0.000000294. The second kappa shape index (κ2) is 8.31. The van der Waals surface area contributed by atoms with Gasteiger partial charge in [-0.3, -0.25) is 9.36 Å². The zero-order valence-electron chi connectivity index (χ0n) is 16.4. The highest BCUT2D eigenvalue weighted by Crippen LogP contribution is 2.20. The number of ketones is 1. The third-order valence-electron chi connectivity index (χ3n) is 5.13. The minimum atomic E-state index is -0.309. The van der Waals surface area contributed by atoms with Crippen LogP contribution in [0.4, 0.5) is 0 Å². The van der Waals surface area contributed by atoms with Gasteiger partial charge in [-0.1, -0.05) is 35.9 Å². The number of pyridine rings is 1. The van der Waals surface area contributed by atoms with Crippen molar-refractivity contribution in [1.82, 2.24) is 19.5 Å². The molecule has 4 aromatic rings. The van der Waals surface area contributed by atoms with Crippen molar-refractivity contribution in [2.24, 2.45) is 0 Å². The van der Waals surface area contributed by atoms with E-state index in [1.807, 2.05) is 31.2 Å². The molecular formula is C23H24N4O2. The van der Waals surface area contributed by atoms with Gasteiger partial charge < -0.3 is 9.97 Å². The van der Waals surface area contributed by atoms with Crippen LogP contribution in [0.5, 0.6) is 0 Å². The van der Waals surface area contributed by atoms with E-state index in [0.29, 0.717) is 22.2 Å². The molecule has 29 heavy (non-hydrogen) atoms. The van der Waals surface area contributed by atoms with Gasteiger partial charge in [0.1, 0.15) is 5.65 Å². The average Bonchev–Trinajstić information content (AvgIpc) is 3.34. The number of imidazole rings is 1. The summed E-state index contributed by atoms with van der Waals surface area (Å²) in [7, 11) is 0. The van der Waals surface area contributed by atoms with E-state index in [-0.39, 0.29) is 18.0 Å². The first-order chi connectivity index (χ1) is 14.1. The molecule has 0 atom stereocenters. The van der Waals surface area contributed by atoms with E-state index in [1.54, 1.807) is 18.5 Å². The van der Waals surface area contributed by atoms with Crippen molar-refractivity contribution >= 4 is 27.9 Å². The summed E-state index contributed by atoms with van der Waals surface area (Å²) in [5.41, 5.74) is 3.33. The number of nitrogens with one attached hydrogen (secondary N) is 2. The number of rotatable bonds is 3. The summed E-state index contributed by atoms with van der Waals surface area (Å²) in [6.07, 6.45) is 13.4. The van der Waals surface area contributed by atoms with Gasteiger partial charge in [0.05, 0.1) is 23.8 Å². The number of fused-ring (bicyclic) bond motifs is 3. The topological polar surface area (TPSA) is 83.5 Å². The average molecular weight is 388 g/mol. The summed E-state index contributed by atoms with van der Waals surface area (Å²) in [5.74, 6) is -0.106. The predicted octanol–water partition coefficient (Wildman–Crippen LogP) is 4.51. The van der Waals surface area contributed by atoms with E-state index in [1.165, 1.54) is 30.3 Å². The highest BCUT2D eigenvalue weighted by atomic mass is 16.2. The highest BCUT2D eigenvalue weighted by molar-refractivity contribution is 6.02. The summed E-state index contributed by atoms with van der Waals surface area (Å²) in [4.78, 5) is 34.8. The largest absolute Gasteiger partial charge is 0.346 e. The SMILES string of the molecule is C1=CCCCC1.Cc1cccc(C(=O)Cn2c(=O)[nH]c3c4cc[nH]c4ncc32)c1. The quantitative estimate of drug-likeness (QED) is 0.400. The van der Waals surface area contributed by atoms with Crippen LogP contribution in [0.25, 0.3) is 22.1 Å². The molecule has 0 fully saturated rings. The highest BCUT2D eigenvalue weighted by Gasteiger charge is 2.15. The monoisotopic (exact) mass is 388 g/mol. The maximum atomic E-state index is 12.5. The molecule has 0 saturated heterocycles. The normalized spacial score (nSPS) is 13.4. The number of Topliss-reactive ketones (excluding diaryl/α,β-unsaturated/α-hetero) is 1. The van der Waals surface area contributed by atoms with Gasteiger partial charge in [0.15, 0.2) is 5.78 Å². The number of allylic oxidation sites excluding steroid dienone is 2. The molecule has 0 unspecified atom stereocenters. The molecule has 0 aliphatic heterocycles. The van der Waals surface area contributed by atoms with Crippen LogP contribution in [-0.4, -0.2) is 25.3 Å². The Morgan fingerprint density at radius 2 is 1.97 bits per heavy atom. The number of benzene rings is 1. The second-order valence-corrected chi connectivity index (χ2v) is 7.32. The summed E-state index contributed by atoms with van der Waals surface area (Å²) in [5, 5.41) is 0.835. The number of H-pyrrole nitrogens is 2. The number of carbonyl (C=O) groups excluding carboxylic acids is 1. The van der Waals surface area contributed by atoms with Gasteiger partial charge in [0.2, 0.25) is 0 Å². The molecule has 1 aliphatic rings. The number of hydrogen-bond donors (Lipinski definition) is 2. The third-order valence-corrected chi connectivity index (χ3v) is 5.13. The molecule has 3 aromatic heterocycles. The number of nitrogens with zero attached hydrogens (tertiary/aromatic N) is 2. The molecular weight excluding hydrogens is 364 g/mol. The van der Waals surface area contributed by atoms with E-state index in [9.17, 15) is 9.59 Å². The molecule has 0 bridgehead atoms. The lowest BCUT2D eigenvalue weighted by Gasteiger charge is -2.04. The van der Waals surface area contributed by atoms with Gasteiger partial charge in [-0.25, -0.2) is 9.78 Å². The van der Waals surface area contributed by atoms with Crippen LogP contribution in [0.2, 0.25) is 0 Å². The Hall–Kier alpha value is -3.41. The van der Waals surface area contributed by atoms with Crippen LogP contribution in [-0.2, 0) is 6.54 Å². The summed E-state index contributed by atoms with van der Waals surface area (Å²) >= 11 is 0. The third kappa shape index (κ3) is 4.06. The first kappa shape index (κ1) is 18.9. The lowest BCUT2D eigenvalue weighted by Crippen LogP contribution is -2.21. The van der Waals surface area contributed by atoms with Crippen molar-refractivity contribution < 1.29 is 4.79 Å². The Labute approximate surface area is 168 Å². The molecule has 0 radical (unpaired) electrons. The van der Waals surface area contributed by atoms with Crippen molar-refractivity contribution in [2.75, 3.05) is 0 Å². The number of aromatic amines is 2. The maximum Gasteiger partial charge on any atom is 0.326 e. The van der Waals surface area contributed by atoms with E-state index in [0.717, 1.165) is 10.9 Å². The van der Waals surface area contributed by atoms with Crippen molar-refractivity contribution in [3.63, 3.8) is 0 Å². The molecule has 3 heterocycles. The smallest absolute Gasteiger partial charge is 0.326 e. The Kier molecular flexibility index (Phi) is 5.42. The number of carbonyl (C=O) groups is 1. The van der Waals surface area contributed by atoms with Crippen LogP contribution >= 0.6 is 0 Å². The van der Waals surface area contributed by atoms with Crippen molar-refractivity contribution in [2.45, 2.75) is 39.2 Å². The fourth-order valence-electron chi connectivity index (χ4n) is 3.59. The first-order valence-electron chi connectivity index (χ1n) is 9.93. The van der Waals surface area contributed by atoms with Crippen molar-refractivity contribution in [3.05, 3.63) is 76.5 Å². The lowest BCUT2D eigenvalue weighted by atomic mass is 10.1. The van der Waals surface area contributed by atoms with Gasteiger partial charge >= 0.3 is 5.69 Å². The summed E-state index contributed by atoms with van der Waals surface area (Å²) in [6.45, 7) is 1.92. The number of aryl methyl sites for hydroxylation is 1. The Morgan fingerprint density at radius 1 is 1.17 bits per heavy atom. The second-order valence-electron chi connectivity index (χ2n) is 7.32. The standard InChI is InChI=1S/C17H14N4O2.C6H10/c1-10-3-2-4-11(7-10)14(22)9-21-13-8-19-16-12(5-6-18-16)15(13)20-17(21)23;1-2-4-6-5-3-1/h2-8H,9H2,1H3,(H,18,19)(H,20,23);1-2H,3-6H2.